The molecule has 2 N–H and O–H groups in total. The van der Waals surface area contributed by atoms with E-state index in [-0.39, 0.29) is 5.91 Å². The molecule has 3 aromatic rings. The molecule has 0 saturated carbocycles. The second kappa shape index (κ2) is 8.34. The molecule has 1 aromatic heterocycles. The van der Waals surface area contributed by atoms with E-state index >= 15 is 0 Å². The number of aliphatic hydroxyl groups is 1. The molecule has 0 bridgehead atoms. The summed E-state index contributed by atoms with van der Waals surface area (Å²) in [5, 5.41) is 13.4. The Hall–Kier alpha value is -2.08. The van der Waals surface area contributed by atoms with Crippen LogP contribution in [0.25, 0.3) is 0 Å². The first-order chi connectivity index (χ1) is 12.2. The van der Waals surface area contributed by atoms with E-state index in [9.17, 15) is 9.90 Å². The Balaban J connectivity index is 1.65. The van der Waals surface area contributed by atoms with E-state index in [1.165, 1.54) is 11.3 Å². The molecule has 0 saturated heterocycles. The summed E-state index contributed by atoms with van der Waals surface area (Å²) in [6, 6.07) is 21.0. The first kappa shape index (κ1) is 17.7. The molecule has 1 atom stereocenters. The Morgan fingerprint density at radius 3 is 2.56 bits per heavy atom. The number of hydrogen-bond donors (Lipinski definition) is 2. The van der Waals surface area contributed by atoms with Crippen molar-refractivity contribution in [2.75, 3.05) is 6.26 Å². The first-order valence-electron chi connectivity index (χ1n) is 7.92. The van der Waals surface area contributed by atoms with Crippen LogP contribution in [0.3, 0.4) is 0 Å². The third-order valence-corrected chi connectivity index (χ3v) is 5.78. The molecular weight excluding hydrogens is 350 g/mol. The minimum Gasteiger partial charge on any atom is -0.383 e. The molecule has 0 fully saturated rings. The van der Waals surface area contributed by atoms with E-state index in [0.29, 0.717) is 12.1 Å². The van der Waals surface area contributed by atoms with E-state index in [1.807, 2.05) is 73.0 Å². The number of thiophene rings is 1. The maximum Gasteiger partial charge on any atom is 0.252 e. The highest BCUT2D eigenvalue weighted by molar-refractivity contribution is 7.98. The van der Waals surface area contributed by atoms with Crippen LogP contribution in [0.5, 0.6) is 0 Å². The van der Waals surface area contributed by atoms with Crippen molar-refractivity contribution in [3.63, 3.8) is 0 Å². The van der Waals surface area contributed by atoms with Crippen LogP contribution < -0.4 is 5.32 Å². The van der Waals surface area contributed by atoms with Gasteiger partial charge in [0, 0.05) is 14.6 Å². The number of rotatable bonds is 6. The SMILES string of the molecule is CSc1ccccc1C(=O)NCc1ccc(C(O)c2ccccc2)s1. The molecular formula is C20H19NO2S2. The smallest absolute Gasteiger partial charge is 0.252 e. The van der Waals surface area contributed by atoms with Gasteiger partial charge in [-0.05, 0) is 36.1 Å². The van der Waals surface area contributed by atoms with Gasteiger partial charge in [-0.2, -0.15) is 0 Å². The fraction of sp³-hybridized carbons (Fsp3) is 0.150. The van der Waals surface area contributed by atoms with Crippen molar-refractivity contribution in [1.29, 1.82) is 0 Å². The zero-order chi connectivity index (χ0) is 17.6. The highest BCUT2D eigenvalue weighted by atomic mass is 32.2. The summed E-state index contributed by atoms with van der Waals surface area (Å²) >= 11 is 3.07. The highest BCUT2D eigenvalue weighted by Crippen LogP contribution is 2.28. The number of hydrogen-bond acceptors (Lipinski definition) is 4. The average molecular weight is 370 g/mol. The largest absolute Gasteiger partial charge is 0.383 e. The normalized spacial score (nSPS) is 11.9. The summed E-state index contributed by atoms with van der Waals surface area (Å²) in [5.41, 5.74) is 1.56. The molecule has 128 valence electrons. The molecule has 0 aliphatic rings. The molecule has 1 amide bonds. The Labute approximate surface area is 155 Å². The molecule has 0 aliphatic heterocycles. The van der Waals surface area contributed by atoms with Crippen LogP contribution in [-0.4, -0.2) is 17.3 Å². The zero-order valence-corrected chi connectivity index (χ0v) is 15.4. The monoisotopic (exact) mass is 369 g/mol. The van der Waals surface area contributed by atoms with Gasteiger partial charge in [-0.15, -0.1) is 23.1 Å². The molecule has 2 aromatic carbocycles. The maximum atomic E-state index is 12.4. The second-order valence-electron chi connectivity index (χ2n) is 5.50. The van der Waals surface area contributed by atoms with Gasteiger partial charge in [0.15, 0.2) is 0 Å². The van der Waals surface area contributed by atoms with Crippen molar-refractivity contribution < 1.29 is 9.90 Å². The Morgan fingerprint density at radius 1 is 1.08 bits per heavy atom. The van der Waals surface area contributed by atoms with Gasteiger partial charge in [-0.1, -0.05) is 42.5 Å². The number of aliphatic hydroxyl groups excluding tert-OH is 1. The summed E-state index contributed by atoms with van der Waals surface area (Å²) in [6.07, 6.45) is 1.33. The first-order valence-corrected chi connectivity index (χ1v) is 9.96. The Kier molecular flexibility index (Phi) is 5.91. The fourth-order valence-electron chi connectivity index (χ4n) is 2.53. The van der Waals surface area contributed by atoms with Crippen molar-refractivity contribution in [2.24, 2.45) is 0 Å². The van der Waals surface area contributed by atoms with Crippen LogP contribution in [0.2, 0.25) is 0 Å². The lowest BCUT2D eigenvalue weighted by Crippen LogP contribution is -2.22. The summed E-state index contributed by atoms with van der Waals surface area (Å²) in [7, 11) is 0. The van der Waals surface area contributed by atoms with Crippen molar-refractivity contribution in [2.45, 2.75) is 17.5 Å². The number of nitrogens with one attached hydrogen (secondary N) is 1. The van der Waals surface area contributed by atoms with Crippen LogP contribution in [0, 0.1) is 0 Å². The lowest BCUT2D eigenvalue weighted by molar-refractivity contribution is 0.0948. The molecule has 25 heavy (non-hydrogen) atoms. The molecule has 1 heterocycles. The quantitative estimate of drug-likeness (QED) is 0.630. The van der Waals surface area contributed by atoms with Crippen LogP contribution in [0.15, 0.2) is 71.6 Å². The number of carbonyl (C=O) groups is 1. The second-order valence-corrected chi connectivity index (χ2v) is 7.55. The van der Waals surface area contributed by atoms with Gasteiger partial charge >= 0.3 is 0 Å². The van der Waals surface area contributed by atoms with Gasteiger partial charge in [0.05, 0.1) is 12.1 Å². The van der Waals surface area contributed by atoms with Crippen LogP contribution in [-0.2, 0) is 6.54 Å². The topological polar surface area (TPSA) is 49.3 Å². The van der Waals surface area contributed by atoms with E-state index in [1.54, 1.807) is 11.8 Å². The summed E-state index contributed by atoms with van der Waals surface area (Å²) in [6.45, 7) is 0.452. The van der Waals surface area contributed by atoms with Gasteiger partial charge in [0.25, 0.3) is 5.91 Å². The third kappa shape index (κ3) is 4.31. The van der Waals surface area contributed by atoms with E-state index in [0.717, 1.165) is 20.2 Å². The molecule has 0 spiro atoms. The van der Waals surface area contributed by atoms with Gasteiger partial charge < -0.3 is 10.4 Å². The minimum absolute atomic E-state index is 0.0801. The van der Waals surface area contributed by atoms with Crippen molar-refractivity contribution in [1.82, 2.24) is 5.32 Å². The fourth-order valence-corrected chi connectivity index (χ4v) is 4.09. The Bertz CT molecular complexity index is 846. The van der Waals surface area contributed by atoms with E-state index in [4.69, 9.17) is 0 Å². The molecule has 0 radical (unpaired) electrons. The predicted molar refractivity (Wildman–Crippen MR) is 104 cm³/mol. The molecule has 0 aliphatic carbocycles. The summed E-state index contributed by atoms with van der Waals surface area (Å²) < 4.78 is 0. The number of thioether (sulfide) groups is 1. The van der Waals surface area contributed by atoms with Crippen molar-refractivity contribution >= 4 is 29.0 Å². The zero-order valence-electron chi connectivity index (χ0n) is 13.8. The molecule has 5 heteroatoms. The summed E-state index contributed by atoms with van der Waals surface area (Å²) in [4.78, 5) is 15.2. The van der Waals surface area contributed by atoms with E-state index < -0.39 is 6.10 Å². The van der Waals surface area contributed by atoms with Gasteiger partial charge in [0.1, 0.15) is 6.10 Å². The molecule has 3 nitrogen and oxygen atoms in total. The Morgan fingerprint density at radius 2 is 1.80 bits per heavy atom. The highest BCUT2D eigenvalue weighted by Gasteiger charge is 2.14. The predicted octanol–water partition coefficient (Wildman–Crippen LogP) is 4.48. The van der Waals surface area contributed by atoms with Gasteiger partial charge in [-0.25, -0.2) is 0 Å². The molecule has 3 rings (SSSR count). The average Bonchev–Trinajstić information content (AvgIpc) is 3.15. The maximum absolute atomic E-state index is 12.4. The van der Waals surface area contributed by atoms with Gasteiger partial charge in [0.2, 0.25) is 0 Å². The van der Waals surface area contributed by atoms with E-state index in [2.05, 4.69) is 5.32 Å². The number of benzene rings is 2. The van der Waals surface area contributed by atoms with Crippen molar-refractivity contribution in [3.8, 4) is 0 Å². The minimum atomic E-state index is -0.632. The molecule has 1 unspecified atom stereocenters. The van der Waals surface area contributed by atoms with Crippen LogP contribution >= 0.6 is 23.1 Å². The summed E-state index contributed by atoms with van der Waals surface area (Å²) in [5.74, 6) is -0.0801. The number of amides is 1. The lowest BCUT2D eigenvalue weighted by atomic mass is 10.1. The van der Waals surface area contributed by atoms with Gasteiger partial charge in [-0.3, -0.25) is 4.79 Å². The van der Waals surface area contributed by atoms with Crippen LogP contribution in [0.1, 0.15) is 31.8 Å². The third-order valence-electron chi connectivity index (χ3n) is 3.84. The van der Waals surface area contributed by atoms with Crippen LogP contribution in [0.4, 0.5) is 0 Å². The van der Waals surface area contributed by atoms with Crippen molar-refractivity contribution in [3.05, 3.63) is 87.6 Å². The standard InChI is InChI=1S/C20H19NO2S2/c1-24-17-10-6-5-9-16(17)20(23)21-13-15-11-12-18(25-15)19(22)14-7-3-2-4-8-14/h2-12,19,22H,13H2,1H3,(H,21,23). The lowest BCUT2D eigenvalue weighted by Gasteiger charge is -2.09. The number of carbonyl (C=O) groups excluding carboxylic acids is 1.